The zero-order chi connectivity index (χ0) is 14.5. The van der Waals surface area contributed by atoms with Crippen LogP contribution in [0.5, 0.6) is 5.75 Å². The van der Waals surface area contributed by atoms with E-state index in [0.717, 1.165) is 15.5 Å². The lowest BCUT2D eigenvalue weighted by molar-refractivity contribution is 0.414. The standard InChI is InChI=1S/C15H19NO2S2/c1-11(20(17)14-5-4-10-19-14)15(16-2)12-6-8-13(18-3)9-7-12/h4-11,15-16H,1-3H3. The maximum Gasteiger partial charge on any atom is 0.118 e. The average molecular weight is 309 g/mol. The van der Waals surface area contributed by atoms with Gasteiger partial charge in [0.05, 0.1) is 27.4 Å². The van der Waals surface area contributed by atoms with Crippen molar-refractivity contribution in [1.82, 2.24) is 5.32 Å². The molecule has 3 nitrogen and oxygen atoms in total. The molecule has 20 heavy (non-hydrogen) atoms. The SMILES string of the molecule is CNC(c1ccc(OC)cc1)C(C)S(=O)c1cccs1. The molecule has 0 saturated heterocycles. The Labute approximate surface area is 126 Å². The van der Waals surface area contributed by atoms with Crippen molar-refractivity contribution in [3.63, 3.8) is 0 Å². The van der Waals surface area contributed by atoms with Crippen molar-refractivity contribution in [1.29, 1.82) is 0 Å². The van der Waals surface area contributed by atoms with Crippen LogP contribution < -0.4 is 10.1 Å². The topological polar surface area (TPSA) is 38.3 Å². The lowest BCUT2D eigenvalue weighted by atomic mass is 10.0. The van der Waals surface area contributed by atoms with E-state index in [2.05, 4.69) is 5.32 Å². The second-order valence-corrected chi connectivity index (χ2v) is 7.46. The number of nitrogens with one attached hydrogen (secondary N) is 1. The first-order valence-electron chi connectivity index (χ1n) is 6.42. The molecule has 0 amide bonds. The Morgan fingerprint density at radius 3 is 2.45 bits per heavy atom. The quantitative estimate of drug-likeness (QED) is 0.890. The summed E-state index contributed by atoms with van der Waals surface area (Å²) in [5, 5.41) is 5.22. The zero-order valence-corrected chi connectivity index (χ0v) is 13.5. The molecule has 0 fully saturated rings. The van der Waals surface area contributed by atoms with E-state index >= 15 is 0 Å². The van der Waals surface area contributed by atoms with Crippen LogP contribution in [-0.2, 0) is 10.8 Å². The van der Waals surface area contributed by atoms with E-state index in [4.69, 9.17) is 4.74 Å². The lowest BCUT2D eigenvalue weighted by Gasteiger charge is -2.23. The van der Waals surface area contributed by atoms with Crippen LogP contribution in [0.4, 0.5) is 0 Å². The molecule has 1 heterocycles. The predicted molar refractivity (Wildman–Crippen MR) is 85.0 cm³/mol. The van der Waals surface area contributed by atoms with Crippen molar-refractivity contribution in [2.75, 3.05) is 14.2 Å². The fraction of sp³-hybridized carbons (Fsp3) is 0.333. The highest BCUT2D eigenvalue weighted by Crippen LogP contribution is 2.27. The van der Waals surface area contributed by atoms with E-state index in [0.29, 0.717) is 0 Å². The number of hydrogen-bond donors (Lipinski definition) is 1. The fourth-order valence-corrected chi connectivity index (χ4v) is 4.74. The van der Waals surface area contributed by atoms with Crippen LogP contribution in [-0.4, -0.2) is 23.6 Å². The van der Waals surface area contributed by atoms with Crippen molar-refractivity contribution in [2.45, 2.75) is 22.4 Å². The summed E-state index contributed by atoms with van der Waals surface area (Å²) in [4.78, 5) is 0. The average Bonchev–Trinajstić information content (AvgIpc) is 3.02. The van der Waals surface area contributed by atoms with Gasteiger partial charge in [-0.05, 0) is 43.1 Å². The molecule has 2 rings (SSSR count). The Morgan fingerprint density at radius 1 is 1.25 bits per heavy atom. The Hall–Kier alpha value is -1.17. The van der Waals surface area contributed by atoms with Crippen LogP contribution in [0.3, 0.4) is 0 Å². The monoisotopic (exact) mass is 309 g/mol. The summed E-state index contributed by atoms with van der Waals surface area (Å²) >= 11 is 1.54. The number of rotatable bonds is 6. The van der Waals surface area contributed by atoms with Gasteiger partial charge in [-0.1, -0.05) is 18.2 Å². The normalized spacial score (nSPS) is 15.6. The van der Waals surface area contributed by atoms with Crippen molar-refractivity contribution in [2.24, 2.45) is 0 Å². The van der Waals surface area contributed by atoms with Crippen molar-refractivity contribution >= 4 is 22.1 Å². The smallest absolute Gasteiger partial charge is 0.118 e. The van der Waals surface area contributed by atoms with Gasteiger partial charge in [-0.15, -0.1) is 11.3 Å². The molecule has 1 aromatic carbocycles. The highest BCUT2D eigenvalue weighted by Gasteiger charge is 2.24. The van der Waals surface area contributed by atoms with Gasteiger partial charge in [-0.3, -0.25) is 4.21 Å². The molecule has 0 saturated carbocycles. The van der Waals surface area contributed by atoms with Gasteiger partial charge < -0.3 is 10.1 Å². The highest BCUT2D eigenvalue weighted by molar-refractivity contribution is 7.87. The first-order valence-corrected chi connectivity index (χ1v) is 8.52. The number of thiophene rings is 1. The third kappa shape index (κ3) is 3.29. The Balaban J connectivity index is 2.20. The van der Waals surface area contributed by atoms with Gasteiger partial charge in [0.15, 0.2) is 0 Å². The van der Waals surface area contributed by atoms with Gasteiger partial charge in [-0.25, -0.2) is 0 Å². The Kier molecular flexibility index (Phi) is 5.34. The summed E-state index contributed by atoms with van der Waals surface area (Å²) in [6.45, 7) is 2.02. The zero-order valence-electron chi connectivity index (χ0n) is 11.8. The van der Waals surface area contributed by atoms with Gasteiger partial charge >= 0.3 is 0 Å². The number of methoxy groups -OCH3 is 1. The van der Waals surface area contributed by atoms with Gasteiger partial charge in [0.2, 0.25) is 0 Å². The largest absolute Gasteiger partial charge is 0.497 e. The fourth-order valence-electron chi connectivity index (χ4n) is 2.17. The van der Waals surface area contributed by atoms with Gasteiger partial charge in [0.1, 0.15) is 5.75 Å². The molecule has 0 bridgehead atoms. The van der Waals surface area contributed by atoms with E-state index in [1.807, 2.05) is 55.7 Å². The minimum absolute atomic E-state index is 0.00737. The molecule has 0 aliphatic heterocycles. The van der Waals surface area contributed by atoms with Gasteiger partial charge in [0, 0.05) is 6.04 Å². The van der Waals surface area contributed by atoms with Gasteiger partial charge in [0.25, 0.3) is 0 Å². The molecule has 108 valence electrons. The number of ether oxygens (including phenoxy) is 1. The third-order valence-corrected chi connectivity index (χ3v) is 6.21. The van der Waals surface area contributed by atoms with Crippen molar-refractivity contribution in [3.05, 3.63) is 47.3 Å². The van der Waals surface area contributed by atoms with E-state index in [1.165, 1.54) is 0 Å². The molecule has 3 atom stereocenters. The van der Waals surface area contributed by atoms with Crippen molar-refractivity contribution < 1.29 is 8.95 Å². The van der Waals surface area contributed by atoms with Crippen LogP contribution in [0.15, 0.2) is 46.0 Å². The molecule has 0 aliphatic rings. The Bertz CT molecular complexity index is 552. The molecule has 2 aromatic rings. The third-order valence-electron chi connectivity index (χ3n) is 3.29. The molecule has 0 spiro atoms. The van der Waals surface area contributed by atoms with Crippen LogP contribution in [0, 0.1) is 0 Å². The summed E-state index contributed by atoms with van der Waals surface area (Å²) in [6.07, 6.45) is 0. The van der Waals surface area contributed by atoms with E-state index in [9.17, 15) is 4.21 Å². The van der Waals surface area contributed by atoms with Gasteiger partial charge in [-0.2, -0.15) is 0 Å². The molecule has 0 aliphatic carbocycles. The van der Waals surface area contributed by atoms with Crippen LogP contribution in [0.1, 0.15) is 18.5 Å². The molecule has 5 heteroatoms. The highest BCUT2D eigenvalue weighted by atomic mass is 32.2. The maximum absolute atomic E-state index is 12.6. The summed E-state index contributed by atoms with van der Waals surface area (Å²) in [5.41, 5.74) is 1.12. The maximum atomic E-state index is 12.6. The molecule has 1 N–H and O–H groups in total. The van der Waals surface area contributed by atoms with Crippen molar-refractivity contribution in [3.8, 4) is 5.75 Å². The molecular weight excluding hydrogens is 290 g/mol. The lowest BCUT2D eigenvalue weighted by Crippen LogP contribution is -2.30. The summed E-state index contributed by atoms with van der Waals surface area (Å²) in [5.74, 6) is 0.829. The molecule has 0 radical (unpaired) electrons. The first-order chi connectivity index (χ1) is 9.67. The minimum Gasteiger partial charge on any atom is -0.497 e. The van der Waals surface area contributed by atoms with E-state index < -0.39 is 10.8 Å². The molecular formula is C15H19NO2S2. The van der Waals surface area contributed by atoms with Crippen LogP contribution >= 0.6 is 11.3 Å². The van der Waals surface area contributed by atoms with Crippen LogP contribution in [0.25, 0.3) is 0 Å². The predicted octanol–water partition coefficient (Wildman–Crippen LogP) is 3.21. The molecule has 1 aromatic heterocycles. The second kappa shape index (κ2) is 7.02. The second-order valence-electron chi connectivity index (χ2n) is 4.47. The van der Waals surface area contributed by atoms with Crippen LogP contribution in [0.2, 0.25) is 0 Å². The summed E-state index contributed by atoms with van der Waals surface area (Å²) in [6, 6.07) is 11.8. The summed E-state index contributed by atoms with van der Waals surface area (Å²) in [7, 11) is 2.54. The summed E-state index contributed by atoms with van der Waals surface area (Å²) < 4.78 is 18.7. The minimum atomic E-state index is -1.01. The van der Waals surface area contributed by atoms with E-state index in [-0.39, 0.29) is 11.3 Å². The Morgan fingerprint density at radius 2 is 1.95 bits per heavy atom. The number of hydrogen-bond acceptors (Lipinski definition) is 4. The number of benzene rings is 1. The first kappa shape index (κ1) is 15.2. The van der Waals surface area contributed by atoms with E-state index in [1.54, 1.807) is 18.4 Å². The molecule has 3 unspecified atom stereocenters.